The van der Waals surface area contributed by atoms with Crippen LogP contribution in [0, 0.1) is 11.3 Å². The third-order valence-electron chi connectivity index (χ3n) is 8.32. The van der Waals surface area contributed by atoms with Gasteiger partial charge in [0.15, 0.2) is 0 Å². The van der Waals surface area contributed by atoms with E-state index in [1.807, 2.05) is 78.8 Å². The van der Waals surface area contributed by atoms with E-state index in [0.717, 1.165) is 24.8 Å². The number of carbonyl (C=O) groups excluding carboxylic acids is 3. The molecule has 43 heavy (non-hydrogen) atoms. The molecule has 0 aliphatic carbocycles. The zero-order valence-corrected chi connectivity index (χ0v) is 28.5. The summed E-state index contributed by atoms with van der Waals surface area (Å²) in [6.07, 6.45) is 4.11. The molecule has 1 heterocycles. The number of nitrogens with zero attached hydrogens (tertiary/aromatic N) is 2. The number of rotatable bonds is 12. The minimum Gasteiger partial charge on any atom is -0.342 e. The highest BCUT2D eigenvalue weighted by Gasteiger charge is 2.41. The molecule has 10 nitrogen and oxygen atoms in total. The lowest BCUT2D eigenvalue weighted by Crippen LogP contribution is -2.61. The highest BCUT2D eigenvalue weighted by Crippen LogP contribution is 2.29. The number of benzene rings is 1. The Labute approximate surface area is 259 Å². The fourth-order valence-corrected chi connectivity index (χ4v) is 6.79. The van der Waals surface area contributed by atoms with Gasteiger partial charge in [-0.25, -0.2) is 4.72 Å². The minimum absolute atomic E-state index is 0.103. The lowest BCUT2D eigenvalue weighted by atomic mass is 9.76. The number of carbonyl (C=O) groups is 3. The van der Waals surface area contributed by atoms with Gasteiger partial charge in [0.05, 0.1) is 12.1 Å². The molecule has 3 N–H and O–H groups in total. The van der Waals surface area contributed by atoms with Crippen molar-refractivity contribution in [1.29, 1.82) is 0 Å². The van der Waals surface area contributed by atoms with Crippen molar-refractivity contribution >= 4 is 27.9 Å². The van der Waals surface area contributed by atoms with E-state index in [0.29, 0.717) is 13.1 Å². The third-order valence-corrected chi connectivity index (χ3v) is 9.81. The molecule has 1 saturated heterocycles. The molecule has 3 atom stereocenters. The Balaban J connectivity index is 2.29. The summed E-state index contributed by atoms with van der Waals surface area (Å²) >= 11 is 0. The van der Waals surface area contributed by atoms with Gasteiger partial charge in [-0.3, -0.25) is 14.4 Å². The summed E-state index contributed by atoms with van der Waals surface area (Å²) in [5.41, 5.74) is -0.0211. The predicted molar refractivity (Wildman–Crippen MR) is 171 cm³/mol. The van der Waals surface area contributed by atoms with Gasteiger partial charge >= 0.3 is 10.2 Å². The molecule has 1 aliphatic heterocycles. The van der Waals surface area contributed by atoms with Crippen molar-refractivity contribution < 1.29 is 22.8 Å². The highest BCUT2D eigenvalue weighted by atomic mass is 32.2. The van der Waals surface area contributed by atoms with Crippen LogP contribution in [0.3, 0.4) is 0 Å². The quantitative estimate of drug-likeness (QED) is 0.308. The zero-order chi connectivity index (χ0) is 32.8. The van der Waals surface area contributed by atoms with Crippen LogP contribution in [0.2, 0.25) is 0 Å². The summed E-state index contributed by atoms with van der Waals surface area (Å²) in [5, 5.41) is 6.17. The number of hydrogen-bond donors (Lipinski definition) is 3. The summed E-state index contributed by atoms with van der Waals surface area (Å²) in [5.74, 6) is -1.43. The minimum atomic E-state index is -3.95. The Morgan fingerprint density at radius 1 is 0.953 bits per heavy atom. The predicted octanol–water partition coefficient (Wildman–Crippen LogP) is 3.36. The SMILES string of the molecule is CN[C@H](C(=O)N[C@H](C(=O)N(C)[C@H](C=C(C)C(=O)NS(=O)(=O)N1CCCCC1)C(C)C)C(C)(C)C)C(C)(C)c1ccccc1. The molecular weight excluding hydrogens is 566 g/mol. The van der Waals surface area contributed by atoms with Gasteiger partial charge in [0.25, 0.3) is 5.91 Å². The van der Waals surface area contributed by atoms with Crippen LogP contribution in [-0.2, 0) is 30.0 Å². The molecule has 3 amide bonds. The molecule has 0 spiro atoms. The molecular formula is C32H53N5O5S. The van der Waals surface area contributed by atoms with Gasteiger partial charge in [-0.1, -0.05) is 91.3 Å². The first-order valence-electron chi connectivity index (χ1n) is 15.1. The van der Waals surface area contributed by atoms with Gasteiger partial charge in [0.2, 0.25) is 11.8 Å². The maximum Gasteiger partial charge on any atom is 0.304 e. The van der Waals surface area contributed by atoms with Gasteiger partial charge in [0.1, 0.15) is 6.04 Å². The fraction of sp³-hybridized carbons (Fsp3) is 0.656. The molecule has 0 saturated carbocycles. The van der Waals surface area contributed by atoms with E-state index in [4.69, 9.17) is 0 Å². The largest absolute Gasteiger partial charge is 0.342 e. The molecule has 0 aromatic heterocycles. The Bertz CT molecular complexity index is 1250. The van der Waals surface area contributed by atoms with Gasteiger partial charge < -0.3 is 15.5 Å². The second kappa shape index (κ2) is 14.8. The van der Waals surface area contributed by atoms with Gasteiger partial charge in [-0.15, -0.1) is 0 Å². The first-order chi connectivity index (χ1) is 19.8. The van der Waals surface area contributed by atoms with Crippen molar-refractivity contribution in [2.45, 2.75) is 98.2 Å². The van der Waals surface area contributed by atoms with E-state index < -0.39 is 45.1 Å². The van der Waals surface area contributed by atoms with E-state index in [1.54, 1.807) is 27.1 Å². The molecule has 0 radical (unpaired) electrons. The van der Waals surface area contributed by atoms with Gasteiger partial charge in [-0.05, 0) is 43.7 Å². The van der Waals surface area contributed by atoms with E-state index in [9.17, 15) is 22.8 Å². The number of nitrogens with one attached hydrogen (secondary N) is 3. The van der Waals surface area contributed by atoms with Crippen LogP contribution in [-0.4, -0.2) is 80.7 Å². The molecule has 1 aliphatic rings. The topological polar surface area (TPSA) is 128 Å². The molecule has 0 unspecified atom stereocenters. The van der Waals surface area contributed by atoms with Crippen molar-refractivity contribution in [3.63, 3.8) is 0 Å². The summed E-state index contributed by atoms with van der Waals surface area (Å²) < 4.78 is 29.0. The third kappa shape index (κ3) is 9.36. The van der Waals surface area contributed by atoms with Crippen LogP contribution < -0.4 is 15.4 Å². The zero-order valence-electron chi connectivity index (χ0n) is 27.7. The first-order valence-corrected chi connectivity index (χ1v) is 16.6. The van der Waals surface area contributed by atoms with Gasteiger partial charge in [0, 0.05) is 31.1 Å². The lowest BCUT2D eigenvalue weighted by molar-refractivity contribution is -0.140. The number of likely N-dealkylation sites (N-methyl/N-ethyl adjacent to an activating group) is 2. The Morgan fingerprint density at radius 3 is 2.00 bits per heavy atom. The maximum atomic E-state index is 14.0. The van der Waals surface area contributed by atoms with E-state index in [-0.39, 0.29) is 23.3 Å². The molecule has 1 aromatic carbocycles. The summed E-state index contributed by atoms with van der Waals surface area (Å²) in [4.78, 5) is 42.3. The van der Waals surface area contributed by atoms with E-state index >= 15 is 0 Å². The van der Waals surface area contributed by atoms with Crippen molar-refractivity contribution in [3.05, 3.63) is 47.5 Å². The smallest absolute Gasteiger partial charge is 0.304 e. The fourth-order valence-electron chi connectivity index (χ4n) is 5.53. The molecule has 0 bridgehead atoms. The Morgan fingerprint density at radius 2 is 1.51 bits per heavy atom. The number of amides is 3. The number of piperidine rings is 1. The van der Waals surface area contributed by atoms with Crippen LogP contribution in [0.5, 0.6) is 0 Å². The molecule has 1 aromatic rings. The number of hydrogen-bond acceptors (Lipinski definition) is 6. The first kappa shape index (κ1) is 36.4. The average Bonchev–Trinajstić information content (AvgIpc) is 2.93. The average molecular weight is 620 g/mol. The Kier molecular flexibility index (Phi) is 12.5. The van der Waals surface area contributed by atoms with Crippen LogP contribution >= 0.6 is 0 Å². The van der Waals surface area contributed by atoms with Crippen molar-refractivity contribution in [2.24, 2.45) is 11.3 Å². The summed E-state index contributed by atoms with van der Waals surface area (Å²) in [6, 6.07) is 7.74. The van der Waals surface area contributed by atoms with Crippen LogP contribution in [0.1, 0.15) is 80.2 Å². The van der Waals surface area contributed by atoms with Crippen LogP contribution in [0.25, 0.3) is 0 Å². The lowest BCUT2D eigenvalue weighted by Gasteiger charge is -2.40. The monoisotopic (exact) mass is 619 g/mol. The highest BCUT2D eigenvalue weighted by molar-refractivity contribution is 7.87. The molecule has 242 valence electrons. The van der Waals surface area contributed by atoms with Crippen LogP contribution in [0.15, 0.2) is 42.0 Å². The summed E-state index contributed by atoms with van der Waals surface area (Å²) in [6.45, 7) is 15.8. The van der Waals surface area contributed by atoms with Crippen LogP contribution in [0.4, 0.5) is 0 Å². The molecule has 1 fully saturated rings. The Hall–Kier alpha value is -2.76. The molecule has 2 rings (SSSR count). The van der Waals surface area contributed by atoms with Crippen molar-refractivity contribution in [1.82, 2.24) is 24.6 Å². The second-order valence-corrected chi connectivity index (χ2v) is 15.2. The second-order valence-electron chi connectivity index (χ2n) is 13.5. The van der Waals surface area contributed by atoms with E-state index in [1.165, 1.54) is 9.21 Å². The van der Waals surface area contributed by atoms with Crippen molar-refractivity contribution in [3.8, 4) is 0 Å². The van der Waals surface area contributed by atoms with E-state index in [2.05, 4.69) is 15.4 Å². The van der Waals surface area contributed by atoms with Gasteiger partial charge in [-0.2, -0.15) is 12.7 Å². The normalized spacial score (nSPS) is 17.6. The summed E-state index contributed by atoms with van der Waals surface area (Å²) in [7, 11) is -0.574. The maximum absolute atomic E-state index is 14.0. The van der Waals surface area contributed by atoms with Crippen molar-refractivity contribution in [2.75, 3.05) is 27.2 Å². The standard InChI is InChI=1S/C32H53N5O5S/c1-22(2)25(21-23(3)28(38)35-43(41,42)37-19-15-12-16-20-37)36(10)30(40)27(31(4,5)6)34-29(39)26(33-9)32(7,8)24-17-13-11-14-18-24/h11,13-14,17-18,21-22,25-27,33H,12,15-16,19-20H2,1-10H3,(H,34,39)(H,35,38)/t25-,26-,27-/m1/s1. The molecule has 11 heteroatoms.